The van der Waals surface area contributed by atoms with Crippen LogP contribution in [-0.4, -0.2) is 30.7 Å². The fourth-order valence-corrected chi connectivity index (χ4v) is 3.80. The number of rotatable bonds is 3. The number of halogens is 1. The highest BCUT2D eigenvalue weighted by Crippen LogP contribution is 2.37. The Hall–Kier alpha value is -2.65. The molecule has 1 aromatic carbocycles. The number of nitriles is 1. The van der Waals surface area contributed by atoms with Gasteiger partial charge in [-0.05, 0) is 30.9 Å². The Morgan fingerprint density at radius 3 is 2.88 bits per heavy atom. The van der Waals surface area contributed by atoms with Crippen LogP contribution in [-0.2, 0) is 4.74 Å². The average molecular weight is 373 g/mol. The SMILES string of the molecule is COC(=O)c1c(N)c(C#N)cn1-c1cccc(Cl)c1N1CCCC(C)C1. The molecule has 26 heavy (non-hydrogen) atoms. The third-order valence-electron chi connectivity index (χ3n) is 4.74. The quantitative estimate of drug-likeness (QED) is 0.832. The third kappa shape index (κ3) is 3.11. The predicted octanol–water partition coefficient (Wildman–Crippen LogP) is 3.61. The zero-order chi connectivity index (χ0) is 18.8. The van der Waals surface area contributed by atoms with Gasteiger partial charge in [0.05, 0.1) is 34.8 Å². The van der Waals surface area contributed by atoms with Crippen molar-refractivity contribution in [1.82, 2.24) is 4.57 Å². The molecule has 6 nitrogen and oxygen atoms in total. The molecule has 2 heterocycles. The number of para-hydroxylation sites is 1. The summed E-state index contributed by atoms with van der Waals surface area (Å²) in [5, 5.41) is 9.93. The number of hydrogen-bond donors (Lipinski definition) is 1. The number of piperidine rings is 1. The Kier molecular flexibility index (Phi) is 5.10. The molecular formula is C19H21ClN4O2. The molecule has 1 aliphatic rings. The summed E-state index contributed by atoms with van der Waals surface area (Å²) in [6.45, 7) is 3.98. The van der Waals surface area contributed by atoms with E-state index in [0.29, 0.717) is 16.6 Å². The van der Waals surface area contributed by atoms with Crippen molar-refractivity contribution in [3.63, 3.8) is 0 Å². The van der Waals surface area contributed by atoms with Gasteiger partial charge in [-0.25, -0.2) is 4.79 Å². The van der Waals surface area contributed by atoms with Gasteiger partial charge in [0.2, 0.25) is 0 Å². The second kappa shape index (κ2) is 7.30. The first kappa shape index (κ1) is 18.2. The van der Waals surface area contributed by atoms with Crippen LogP contribution in [0.1, 0.15) is 35.8 Å². The number of carbonyl (C=O) groups excluding carboxylic acids is 1. The van der Waals surface area contributed by atoms with E-state index in [1.807, 2.05) is 24.3 Å². The summed E-state index contributed by atoms with van der Waals surface area (Å²) in [4.78, 5) is 14.5. The number of benzene rings is 1. The molecule has 1 saturated heterocycles. The largest absolute Gasteiger partial charge is 0.464 e. The first-order chi connectivity index (χ1) is 12.5. The molecule has 2 aromatic rings. The number of hydrogen-bond acceptors (Lipinski definition) is 5. The Bertz CT molecular complexity index is 884. The van der Waals surface area contributed by atoms with Crippen molar-refractivity contribution < 1.29 is 9.53 Å². The minimum atomic E-state index is -0.595. The number of ether oxygens (including phenoxy) is 1. The number of nitrogens with two attached hydrogens (primary N) is 1. The van der Waals surface area contributed by atoms with Gasteiger partial charge in [0.15, 0.2) is 5.69 Å². The zero-order valence-electron chi connectivity index (χ0n) is 14.8. The van der Waals surface area contributed by atoms with Gasteiger partial charge in [0.25, 0.3) is 0 Å². The summed E-state index contributed by atoms with van der Waals surface area (Å²) < 4.78 is 6.49. The van der Waals surface area contributed by atoms with Gasteiger partial charge in [-0.3, -0.25) is 0 Å². The first-order valence-corrected chi connectivity index (χ1v) is 8.88. The fraction of sp³-hybridized carbons (Fsp3) is 0.368. The molecule has 0 bridgehead atoms. The van der Waals surface area contributed by atoms with Crippen molar-refractivity contribution >= 4 is 28.9 Å². The number of aromatic nitrogens is 1. The van der Waals surface area contributed by atoms with Crippen molar-refractivity contribution in [3.8, 4) is 11.8 Å². The van der Waals surface area contributed by atoms with Crippen LogP contribution >= 0.6 is 11.6 Å². The van der Waals surface area contributed by atoms with Crippen LogP contribution in [0.4, 0.5) is 11.4 Å². The van der Waals surface area contributed by atoms with Crippen LogP contribution in [0.5, 0.6) is 0 Å². The molecule has 0 spiro atoms. The highest BCUT2D eigenvalue weighted by Gasteiger charge is 2.26. The summed E-state index contributed by atoms with van der Waals surface area (Å²) in [6, 6.07) is 7.54. The van der Waals surface area contributed by atoms with Gasteiger partial charge in [0.1, 0.15) is 6.07 Å². The lowest BCUT2D eigenvalue weighted by Gasteiger charge is -2.35. The van der Waals surface area contributed by atoms with Crippen LogP contribution < -0.4 is 10.6 Å². The van der Waals surface area contributed by atoms with Crippen molar-refractivity contribution in [3.05, 3.63) is 40.7 Å². The van der Waals surface area contributed by atoms with Gasteiger partial charge < -0.3 is 19.9 Å². The number of nitrogens with zero attached hydrogens (tertiary/aromatic N) is 3. The molecule has 1 atom stereocenters. The van der Waals surface area contributed by atoms with Gasteiger partial charge >= 0.3 is 5.97 Å². The van der Waals surface area contributed by atoms with Crippen molar-refractivity contribution in [2.75, 3.05) is 30.8 Å². The summed E-state index contributed by atoms with van der Waals surface area (Å²) in [5.74, 6) is -0.0423. The summed E-state index contributed by atoms with van der Waals surface area (Å²) in [6.07, 6.45) is 3.82. The highest BCUT2D eigenvalue weighted by atomic mass is 35.5. The highest BCUT2D eigenvalue weighted by molar-refractivity contribution is 6.33. The Balaban J connectivity index is 2.21. The lowest BCUT2D eigenvalue weighted by molar-refractivity contribution is 0.0593. The summed E-state index contributed by atoms with van der Waals surface area (Å²) in [5.41, 5.74) is 8.04. The van der Waals surface area contributed by atoms with Crippen LogP contribution in [0.25, 0.3) is 5.69 Å². The molecule has 2 N–H and O–H groups in total. The minimum absolute atomic E-state index is 0.109. The number of nitrogen functional groups attached to an aromatic ring is 1. The first-order valence-electron chi connectivity index (χ1n) is 8.51. The zero-order valence-corrected chi connectivity index (χ0v) is 15.6. The van der Waals surface area contributed by atoms with E-state index >= 15 is 0 Å². The normalized spacial score (nSPS) is 17.0. The van der Waals surface area contributed by atoms with Gasteiger partial charge in [0, 0.05) is 19.3 Å². The van der Waals surface area contributed by atoms with Gasteiger partial charge in [-0.1, -0.05) is 24.6 Å². The number of anilines is 2. The van der Waals surface area contributed by atoms with E-state index in [1.54, 1.807) is 10.8 Å². The van der Waals surface area contributed by atoms with Crippen molar-refractivity contribution in [2.45, 2.75) is 19.8 Å². The van der Waals surface area contributed by atoms with Crippen molar-refractivity contribution in [2.24, 2.45) is 5.92 Å². The van der Waals surface area contributed by atoms with E-state index in [0.717, 1.165) is 25.2 Å². The molecule has 1 fully saturated rings. The Morgan fingerprint density at radius 1 is 1.46 bits per heavy atom. The molecule has 7 heteroatoms. The standard InChI is InChI=1S/C19H21ClN4O2/c1-12-5-4-8-23(10-12)17-14(20)6-3-7-15(17)24-11-13(9-21)16(22)18(24)19(25)26-2/h3,6-7,11-12H,4-5,8,10,22H2,1-2H3. The van der Waals surface area contributed by atoms with Crippen LogP contribution in [0, 0.1) is 17.2 Å². The smallest absolute Gasteiger partial charge is 0.357 e. The fourth-order valence-electron chi connectivity index (χ4n) is 3.51. The molecule has 136 valence electrons. The monoisotopic (exact) mass is 372 g/mol. The molecule has 0 saturated carbocycles. The van der Waals surface area contributed by atoms with E-state index < -0.39 is 5.97 Å². The number of esters is 1. The van der Waals surface area contributed by atoms with Crippen LogP contribution in [0.3, 0.4) is 0 Å². The van der Waals surface area contributed by atoms with E-state index in [4.69, 9.17) is 22.1 Å². The number of carbonyl (C=O) groups is 1. The molecule has 1 aliphatic heterocycles. The van der Waals surface area contributed by atoms with E-state index in [9.17, 15) is 10.1 Å². The summed E-state index contributed by atoms with van der Waals surface area (Å²) in [7, 11) is 1.29. The molecule has 0 radical (unpaired) electrons. The van der Waals surface area contributed by atoms with Crippen LogP contribution in [0.15, 0.2) is 24.4 Å². The lowest BCUT2D eigenvalue weighted by atomic mass is 9.99. The Morgan fingerprint density at radius 2 is 2.23 bits per heavy atom. The second-order valence-electron chi connectivity index (χ2n) is 6.58. The average Bonchev–Trinajstić information content (AvgIpc) is 2.97. The van der Waals surface area contributed by atoms with Gasteiger partial charge in [-0.15, -0.1) is 0 Å². The maximum Gasteiger partial charge on any atom is 0.357 e. The van der Waals surface area contributed by atoms with Gasteiger partial charge in [-0.2, -0.15) is 5.26 Å². The molecule has 1 aromatic heterocycles. The summed E-state index contributed by atoms with van der Waals surface area (Å²) >= 11 is 6.54. The molecule has 1 unspecified atom stereocenters. The van der Waals surface area contributed by atoms with E-state index in [1.165, 1.54) is 13.5 Å². The van der Waals surface area contributed by atoms with Crippen molar-refractivity contribution in [1.29, 1.82) is 5.26 Å². The minimum Gasteiger partial charge on any atom is -0.464 e. The molecular weight excluding hydrogens is 352 g/mol. The number of methoxy groups -OCH3 is 1. The second-order valence-corrected chi connectivity index (χ2v) is 6.99. The topological polar surface area (TPSA) is 84.3 Å². The Labute approximate surface area is 157 Å². The maximum absolute atomic E-state index is 12.3. The molecule has 0 aliphatic carbocycles. The molecule has 3 rings (SSSR count). The van der Waals surface area contributed by atoms with E-state index in [2.05, 4.69) is 11.8 Å². The molecule has 0 amide bonds. The lowest BCUT2D eigenvalue weighted by Crippen LogP contribution is -2.35. The maximum atomic E-state index is 12.3. The van der Waals surface area contributed by atoms with E-state index in [-0.39, 0.29) is 16.9 Å². The van der Waals surface area contributed by atoms with Crippen LogP contribution in [0.2, 0.25) is 5.02 Å². The third-order valence-corrected chi connectivity index (χ3v) is 5.05. The predicted molar refractivity (Wildman–Crippen MR) is 102 cm³/mol.